The highest BCUT2D eigenvalue weighted by Crippen LogP contribution is 2.37. The largest absolute Gasteiger partial charge is 0.495 e. The molecule has 0 bridgehead atoms. The van der Waals surface area contributed by atoms with E-state index in [-0.39, 0.29) is 40.1 Å². The summed E-state index contributed by atoms with van der Waals surface area (Å²) in [6.07, 6.45) is 0.786. The van der Waals surface area contributed by atoms with Crippen molar-refractivity contribution in [2.75, 3.05) is 38.7 Å². The zero-order valence-electron chi connectivity index (χ0n) is 27.7. The first-order valence-electron chi connectivity index (χ1n) is 15.5. The second-order valence-electron chi connectivity index (χ2n) is 11.0. The predicted octanol–water partition coefficient (Wildman–Crippen LogP) is 5.87. The molecule has 0 aliphatic rings. The van der Waals surface area contributed by atoms with Crippen LogP contribution in [0.25, 0.3) is 0 Å². The number of hydrogen-bond donors (Lipinski definition) is 1. The van der Waals surface area contributed by atoms with Crippen LogP contribution in [0.5, 0.6) is 17.2 Å². The molecule has 0 aromatic heterocycles. The second-order valence-corrected chi connectivity index (χ2v) is 13.3. The Bertz CT molecular complexity index is 1840. The highest BCUT2D eigenvalue weighted by Gasteiger charge is 2.36. The Balaban J connectivity index is 1.87. The second kappa shape index (κ2) is 17.0. The van der Waals surface area contributed by atoms with Gasteiger partial charge in [0.1, 0.15) is 24.2 Å². The number of benzene rings is 4. The van der Waals surface area contributed by atoms with Crippen molar-refractivity contribution in [3.8, 4) is 17.2 Å². The third kappa shape index (κ3) is 9.21. The van der Waals surface area contributed by atoms with Gasteiger partial charge in [0.2, 0.25) is 11.8 Å². The number of halogens is 2. The zero-order chi connectivity index (χ0) is 35.6. The van der Waals surface area contributed by atoms with Gasteiger partial charge in [-0.2, -0.15) is 0 Å². The molecule has 49 heavy (non-hydrogen) atoms. The summed E-state index contributed by atoms with van der Waals surface area (Å²) in [6.45, 7) is 1.40. The molecule has 0 fully saturated rings. The number of rotatable bonds is 16. The Morgan fingerprint density at radius 1 is 0.837 bits per heavy atom. The topological polar surface area (TPSA) is 114 Å². The maximum atomic E-state index is 14.6. The van der Waals surface area contributed by atoms with Gasteiger partial charge in [0.25, 0.3) is 10.0 Å². The Morgan fingerprint density at radius 2 is 1.49 bits per heavy atom. The summed E-state index contributed by atoms with van der Waals surface area (Å²) in [4.78, 5) is 29.5. The average molecular weight is 712 g/mol. The minimum Gasteiger partial charge on any atom is -0.495 e. The highest BCUT2D eigenvalue weighted by molar-refractivity contribution is 7.92. The molecule has 1 N–H and O–H groups in total. The Morgan fingerprint density at radius 3 is 2.12 bits per heavy atom. The lowest BCUT2D eigenvalue weighted by Crippen LogP contribution is -2.53. The van der Waals surface area contributed by atoms with Gasteiger partial charge in [-0.1, -0.05) is 61.0 Å². The number of anilines is 1. The molecule has 0 unspecified atom stereocenters. The van der Waals surface area contributed by atoms with Gasteiger partial charge in [0.15, 0.2) is 11.5 Å². The van der Waals surface area contributed by atoms with Crippen molar-refractivity contribution in [1.82, 2.24) is 10.2 Å². The number of ether oxygens (including phenoxy) is 3. The van der Waals surface area contributed by atoms with Crippen molar-refractivity contribution >= 4 is 39.1 Å². The summed E-state index contributed by atoms with van der Waals surface area (Å²) in [6, 6.07) is 22.1. The van der Waals surface area contributed by atoms with Gasteiger partial charge < -0.3 is 24.4 Å². The summed E-state index contributed by atoms with van der Waals surface area (Å²) in [7, 11) is -0.363. The van der Waals surface area contributed by atoms with Gasteiger partial charge in [0, 0.05) is 30.6 Å². The summed E-state index contributed by atoms with van der Waals surface area (Å²) in [5.74, 6) is -1.01. The van der Waals surface area contributed by atoms with Crippen LogP contribution < -0.4 is 23.8 Å². The van der Waals surface area contributed by atoms with E-state index < -0.39 is 40.2 Å². The maximum absolute atomic E-state index is 14.6. The lowest BCUT2D eigenvalue weighted by molar-refractivity contribution is -0.140. The van der Waals surface area contributed by atoms with Gasteiger partial charge in [0.05, 0.1) is 31.9 Å². The fraction of sp³-hybridized carbons (Fsp3) is 0.278. The van der Waals surface area contributed by atoms with Crippen molar-refractivity contribution in [3.05, 3.63) is 113 Å². The molecule has 13 heteroatoms. The van der Waals surface area contributed by atoms with E-state index in [1.165, 1.54) is 86.9 Å². The highest BCUT2D eigenvalue weighted by atomic mass is 35.5. The first-order valence-corrected chi connectivity index (χ1v) is 17.3. The number of nitrogens with zero attached hydrogens (tertiary/aromatic N) is 2. The van der Waals surface area contributed by atoms with Crippen molar-refractivity contribution in [1.29, 1.82) is 0 Å². The van der Waals surface area contributed by atoms with Crippen LogP contribution in [-0.2, 0) is 32.6 Å². The number of carbonyl (C=O) groups is 2. The van der Waals surface area contributed by atoms with E-state index in [0.717, 1.165) is 9.87 Å². The molecule has 0 aliphatic carbocycles. The Hall–Kier alpha value is -4.81. The van der Waals surface area contributed by atoms with Crippen LogP contribution in [0.15, 0.2) is 95.9 Å². The molecule has 1 atom stereocenters. The SMILES string of the molecule is CCCNC(=O)[C@@H](Cc1ccccc1)N(Cc1ccc(F)cc1)C(=O)CN(c1cc(Cl)ccc1OC)S(=O)(=O)c1ccc(OC)c(OC)c1. The van der Waals surface area contributed by atoms with E-state index >= 15 is 0 Å². The van der Waals surface area contributed by atoms with Crippen LogP contribution in [0.2, 0.25) is 5.02 Å². The lowest BCUT2D eigenvalue weighted by atomic mass is 10.0. The number of hydrogen-bond acceptors (Lipinski definition) is 7. The number of methoxy groups -OCH3 is 3. The number of carbonyl (C=O) groups excluding carboxylic acids is 2. The number of nitrogens with one attached hydrogen (secondary N) is 1. The molecule has 10 nitrogen and oxygen atoms in total. The van der Waals surface area contributed by atoms with Crippen LogP contribution in [0.4, 0.5) is 10.1 Å². The first-order chi connectivity index (χ1) is 23.5. The predicted molar refractivity (Wildman–Crippen MR) is 186 cm³/mol. The molecular weight excluding hydrogens is 673 g/mol. The fourth-order valence-corrected chi connectivity index (χ4v) is 6.78. The Kier molecular flexibility index (Phi) is 12.9. The summed E-state index contributed by atoms with van der Waals surface area (Å²) in [5, 5.41) is 3.08. The van der Waals surface area contributed by atoms with E-state index in [9.17, 15) is 22.4 Å². The molecular formula is C36H39ClFN3O7S. The summed E-state index contributed by atoms with van der Waals surface area (Å²) >= 11 is 6.36. The molecule has 260 valence electrons. The van der Waals surface area contributed by atoms with Crippen molar-refractivity contribution in [2.24, 2.45) is 0 Å². The van der Waals surface area contributed by atoms with E-state index in [0.29, 0.717) is 24.3 Å². The van der Waals surface area contributed by atoms with Crippen LogP contribution >= 0.6 is 11.6 Å². The normalized spacial score (nSPS) is 11.7. The van der Waals surface area contributed by atoms with Gasteiger partial charge in [-0.05, 0) is 60.0 Å². The molecule has 0 saturated heterocycles. The quantitative estimate of drug-likeness (QED) is 0.155. The third-order valence-corrected chi connectivity index (χ3v) is 9.71. The minimum atomic E-state index is -4.53. The van der Waals surface area contributed by atoms with Gasteiger partial charge in [-0.25, -0.2) is 12.8 Å². The summed E-state index contributed by atoms with van der Waals surface area (Å²) in [5.41, 5.74) is 1.31. The van der Waals surface area contributed by atoms with E-state index in [1.807, 2.05) is 37.3 Å². The van der Waals surface area contributed by atoms with Gasteiger partial charge in [-0.15, -0.1) is 0 Å². The first kappa shape index (κ1) is 37.0. The van der Waals surface area contributed by atoms with Crippen molar-refractivity contribution < 1.29 is 36.6 Å². The van der Waals surface area contributed by atoms with E-state index in [4.69, 9.17) is 25.8 Å². The average Bonchev–Trinajstić information content (AvgIpc) is 3.11. The fourth-order valence-electron chi connectivity index (χ4n) is 5.18. The molecule has 0 saturated carbocycles. The minimum absolute atomic E-state index is 0.00471. The monoisotopic (exact) mass is 711 g/mol. The lowest BCUT2D eigenvalue weighted by Gasteiger charge is -2.34. The molecule has 0 aliphatic heterocycles. The van der Waals surface area contributed by atoms with Crippen molar-refractivity contribution in [3.63, 3.8) is 0 Å². The van der Waals surface area contributed by atoms with Crippen LogP contribution in [0.1, 0.15) is 24.5 Å². The standard InChI is InChI=1S/C36H39ClFN3O7S/c1-5-19-39-36(43)31(20-25-9-7-6-8-10-25)40(23-26-11-14-28(38)15-12-26)35(42)24-41(30-21-27(37)13-17-32(30)46-2)49(44,45)29-16-18-33(47-3)34(22-29)48-4/h6-18,21-22,31H,5,19-20,23-24H2,1-4H3,(H,39,43)/t31-/m1/s1. The third-order valence-electron chi connectivity index (χ3n) is 7.72. The van der Waals surface area contributed by atoms with Crippen LogP contribution in [0.3, 0.4) is 0 Å². The molecule has 4 rings (SSSR count). The molecule has 0 spiro atoms. The van der Waals surface area contributed by atoms with E-state index in [1.54, 1.807) is 0 Å². The zero-order valence-corrected chi connectivity index (χ0v) is 29.3. The molecule has 4 aromatic rings. The number of amides is 2. The van der Waals surface area contributed by atoms with Crippen LogP contribution in [-0.4, -0.2) is 65.6 Å². The smallest absolute Gasteiger partial charge is 0.265 e. The molecule has 4 aromatic carbocycles. The van der Waals surface area contributed by atoms with Gasteiger partial charge >= 0.3 is 0 Å². The molecule has 0 radical (unpaired) electrons. The Labute approximate surface area is 291 Å². The number of sulfonamides is 1. The van der Waals surface area contributed by atoms with Crippen molar-refractivity contribution in [2.45, 2.75) is 37.2 Å². The van der Waals surface area contributed by atoms with Gasteiger partial charge in [-0.3, -0.25) is 13.9 Å². The maximum Gasteiger partial charge on any atom is 0.265 e. The molecule has 2 amide bonds. The van der Waals surface area contributed by atoms with E-state index in [2.05, 4.69) is 5.32 Å². The molecule has 0 heterocycles. The summed E-state index contributed by atoms with van der Waals surface area (Å²) < 4.78 is 60.0. The van der Waals surface area contributed by atoms with Crippen LogP contribution in [0, 0.1) is 5.82 Å².